The van der Waals surface area contributed by atoms with E-state index >= 15 is 0 Å². The van der Waals surface area contributed by atoms with Crippen LogP contribution in [0.2, 0.25) is 0 Å². The molecular weight excluding hydrogens is 291 g/mol. The van der Waals surface area contributed by atoms with E-state index in [4.69, 9.17) is 4.74 Å². The van der Waals surface area contributed by atoms with Gasteiger partial charge in [0.1, 0.15) is 17.7 Å². The van der Waals surface area contributed by atoms with Gasteiger partial charge in [-0.3, -0.25) is 9.88 Å². The first-order valence-corrected chi connectivity index (χ1v) is 8.35. The molecule has 2 atom stereocenters. The van der Waals surface area contributed by atoms with Gasteiger partial charge in [0, 0.05) is 32.0 Å². The zero-order valence-corrected chi connectivity index (χ0v) is 13.1. The van der Waals surface area contributed by atoms with Gasteiger partial charge in [0.05, 0.1) is 0 Å². The summed E-state index contributed by atoms with van der Waals surface area (Å²) in [6.07, 6.45) is 7.56. The molecule has 2 aromatic rings. The molecule has 2 aliphatic rings. The van der Waals surface area contributed by atoms with Gasteiger partial charge < -0.3 is 4.74 Å². The lowest BCUT2D eigenvalue weighted by Crippen LogP contribution is -2.28. The molecule has 1 unspecified atom stereocenters. The maximum atomic E-state index is 12.9. The van der Waals surface area contributed by atoms with Crippen LogP contribution in [0.5, 0.6) is 5.75 Å². The summed E-state index contributed by atoms with van der Waals surface area (Å²) in [7, 11) is 0. The van der Waals surface area contributed by atoms with E-state index in [-0.39, 0.29) is 11.9 Å². The summed E-state index contributed by atoms with van der Waals surface area (Å²) in [6.45, 7) is 3.10. The Bertz CT molecular complexity index is 673. The Labute approximate surface area is 136 Å². The van der Waals surface area contributed by atoms with Gasteiger partial charge in [-0.15, -0.1) is 0 Å². The van der Waals surface area contributed by atoms with Gasteiger partial charge >= 0.3 is 0 Å². The number of rotatable bonds is 4. The average molecular weight is 312 g/mol. The molecule has 0 saturated carbocycles. The molecule has 0 bridgehead atoms. The molecule has 1 fully saturated rings. The number of benzene rings is 1. The van der Waals surface area contributed by atoms with Crippen molar-refractivity contribution in [1.82, 2.24) is 9.88 Å². The second-order valence-corrected chi connectivity index (χ2v) is 6.55. The number of likely N-dealkylation sites (tertiary alicyclic amines) is 1. The molecule has 0 spiro atoms. The van der Waals surface area contributed by atoms with Crippen LogP contribution in [0.25, 0.3) is 0 Å². The van der Waals surface area contributed by atoms with Gasteiger partial charge in [-0.25, -0.2) is 4.39 Å². The molecule has 120 valence electrons. The van der Waals surface area contributed by atoms with Crippen molar-refractivity contribution < 1.29 is 9.13 Å². The third-order valence-corrected chi connectivity index (χ3v) is 4.97. The van der Waals surface area contributed by atoms with E-state index in [9.17, 15) is 4.39 Å². The van der Waals surface area contributed by atoms with Crippen molar-refractivity contribution in [3.8, 4) is 5.75 Å². The Balaban J connectivity index is 1.33. The van der Waals surface area contributed by atoms with Gasteiger partial charge in [0.15, 0.2) is 0 Å². The fourth-order valence-corrected chi connectivity index (χ4v) is 3.78. The Morgan fingerprint density at radius 1 is 1.17 bits per heavy atom. The Kier molecular flexibility index (Phi) is 4.00. The molecule has 23 heavy (non-hydrogen) atoms. The second-order valence-electron chi connectivity index (χ2n) is 6.55. The molecule has 0 radical (unpaired) electrons. The van der Waals surface area contributed by atoms with Gasteiger partial charge in [-0.2, -0.15) is 0 Å². The molecule has 1 aromatic carbocycles. The first-order valence-electron chi connectivity index (χ1n) is 8.35. The highest BCUT2D eigenvalue weighted by Gasteiger charge is 2.29. The number of halogens is 1. The van der Waals surface area contributed by atoms with E-state index in [0.29, 0.717) is 5.92 Å². The van der Waals surface area contributed by atoms with Gasteiger partial charge in [-0.1, -0.05) is 0 Å². The predicted octanol–water partition coefficient (Wildman–Crippen LogP) is 3.40. The van der Waals surface area contributed by atoms with E-state index in [1.807, 2.05) is 12.4 Å². The number of fused-ring (bicyclic) bond motifs is 1. The fraction of sp³-hybridized carbons (Fsp3) is 0.421. The van der Waals surface area contributed by atoms with E-state index in [1.54, 1.807) is 12.1 Å². The van der Waals surface area contributed by atoms with E-state index in [2.05, 4.69) is 16.0 Å². The average Bonchev–Trinajstić information content (AvgIpc) is 3.18. The third-order valence-electron chi connectivity index (χ3n) is 4.97. The lowest BCUT2D eigenvalue weighted by Gasteiger charge is -2.21. The molecule has 0 N–H and O–H groups in total. The summed E-state index contributed by atoms with van der Waals surface area (Å²) in [5.74, 6) is 1.14. The summed E-state index contributed by atoms with van der Waals surface area (Å²) >= 11 is 0. The molecule has 1 saturated heterocycles. The van der Waals surface area contributed by atoms with Crippen LogP contribution in [-0.4, -0.2) is 35.6 Å². The van der Waals surface area contributed by atoms with Crippen LogP contribution in [0.4, 0.5) is 4.39 Å². The fourth-order valence-electron chi connectivity index (χ4n) is 3.78. The Morgan fingerprint density at radius 2 is 2.04 bits per heavy atom. The van der Waals surface area contributed by atoms with Crippen LogP contribution in [0.3, 0.4) is 0 Å². The van der Waals surface area contributed by atoms with Gasteiger partial charge in [0.2, 0.25) is 0 Å². The summed E-state index contributed by atoms with van der Waals surface area (Å²) in [5, 5.41) is 0. The SMILES string of the molecule is Fc1ccc(O[C@@H]2CCN(CC3CCc4ccncc43)C2)cc1. The summed E-state index contributed by atoms with van der Waals surface area (Å²) in [5.41, 5.74) is 2.89. The largest absolute Gasteiger partial charge is 0.489 e. The lowest BCUT2D eigenvalue weighted by atomic mass is 10.0. The van der Waals surface area contributed by atoms with Crippen molar-refractivity contribution in [2.24, 2.45) is 0 Å². The zero-order chi connectivity index (χ0) is 15.6. The van der Waals surface area contributed by atoms with Crippen molar-refractivity contribution in [3.05, 3.63) is 59.7 Å². The molecule has 4 rings (SSSR count). The molecule has 1 aromatic heterocycles. The highest BCUT2D eigenvalue weighted by Crippen LogP contribution is 2.33. The summed E-state index contributed by atoms with van der Waals surface area (Å²) in [6, 6.07) is 8.46. The highest BCUT2D eigenvalue weighted by molar-refractivity contribution is 5.32. The van der Waals surface area contributed by atoms with E-state index < -0.39 is 0 Å². The maximum absolute atomic E-state index is 12.9. The van der Waals surface area contributed by atoms with Crippen LogP contribution in [0, 0.1) is 5.82 Å². The molecule has 4 heteroatoms. The molecule has 1 aliphatic carbocycles. The van der Waals surface area contributed by atoms with Crippen molar-refractivity contribution in [1.29, 1.82) is 0 Å². The maximum Gasteiger partial charge on any atom is 0.123 e. The van der Waals surface area contributed by atoms with E-state index in [0.717, 1.165) is 31.8 Å². The summed E-state index contributed by atoms with van der Waals surface area (Å²) in [4.78, 5) is 6.77. The van der Waals surface area contributed by atoms with Crippen LogP contribution in [-0.2, 0) is 6.42 Å². The topological polar surface area (TPSA) is 25.4 Å². The monoisotopic (exact) mass is 312 g/mol. The first-order chi connectivity index (χ1) is 11.3. The predicted molar refractivity (Wildman–Crippen MR) is 87.2 cm³/mol. The van der Waals surface area contributed by atoms with Crippen molar-refractivity contribution in [2.75, 3.05) is 19.6 Å². The van der Waals surface area contributed by atoms with Gasteiger partial charge in [0.25, 0.3) is 0 Å². The number of pyridine rings is 1. The smallest absolute Gasteiger partial charge is 0.123 e. The minimum absolute atomic E-state index is 0.204. The lowest BCUT2D eigenvalue weighted by molar-refractivity contribution is 0.197. The zero-order valence-electron chi connectivity index (χ0n) is 13.1. The molecule has 1 aliphatic heterocycles. The van der Waals surface area contributed by atoms with Crippen LogP contribution in [0.15, 0.2) is 42.7 Å². The van der Waals surface area contributed by atoms with Crippen molar-refractivity contribution in [2.45, 2.75) is 31.3 Å². The second kappa shape index (κ2) is 6.28. The number of ether oxygens (including phenoxy) is 1. The molecular formula is C19H21FN2O. The Morgan fingerprint density at radius 3 is 2.91 bits per heavy atom. The molecule has 3 nitrogen and oxygen atoms in total. The number of hydrogen-bond acceptors (Lipinski definition) is 3. The third kappa shape index (κ3) is 3.22. The normalized spacial score (nSPS) is 23.9. The quantitative estimate of drug-likeness (QED) is 0.865. The minimum Gasteiger partial charge on any atom is -0.489 e. The summed E-state index contributed by atoms with van der Waals surface area (Å²) < 4.78 is 18.9. The highest BCUT2D eigenvalue weighted by atomic mass is 19.1. The van der Waals surface area contributed by atoms with Gasteiger partial charge in [-0.05, 0) is 66.6 Å². The number of hydrogen-bond donors (Lipinski definition) is 0. The first kappa shape index (κ1) is 14.6. The minimum atomic E-state index is -0.223. The van der Waals surface area contributed by atoms with Crippen molar-refractivity contribution in [3.63, 3.8) is 0 Å². The van der Waals surface area contributed by atoms with Crippen LogP contribution < -0.4 is 4.74 Å². The molecule has 2 heterocycles. The van der Waals surface area contributed by atoms with Crippen LogP contribution in [0.1, 0.15) is 29.9 Å². The number of nitrogens with zero attached hydrogens (tertiary/aromatic N) is 2. The van der Waals surface area contributed by atoms with Crippen LogP contribution >= 0.6 is 0 Å². The number of aromatic nitrogens is 1. The standard InChI is InChI=1S/C19H21FN2O/c20-16-3-5-17(6-4-16)23-18-8-10-22(13-18)12-15-2-1-14-7-9-21-11-19(14)15/h3-7,9,11,15,18H,1-2,8,10,12-13H2/t15?,18-/m1/s1. The van der Waals surface area contributed by atoms with E-state index in [1.165, 1.54) is 36.1 Å². The Hall–Kier alpha value is -1.94. The van der Waals surface area contributed by atoms with Crippen molar-refractivity contribution >= 4 is 0 Å². The number of aryl methyl sites for hydroxylation is 1. The molecule has 0 amide bonds.